The van der Waals surface area contributed by atoms with Crippen LogP contribution in [0.5, 0.6) is 0 Å². The van der Waals surface area contributed by atoms with Crippen molar-refractivity contribution in [2.24, 2.45) is 0 Å². The van der Waals surface area contributed by atoms with Crippen LogP contribution in [0.25, 0.3) is 0 Å². The molecule has 0 bridgehead atoms. The van der Waals surface area contributed by atoms with E-state index in [0.717, 1.165) is 16.3 Å². The number of hydrogen-bond donors (Lipinski definition) is 1. The van der Waals surface area contributed by atoms with Gasteiger partial charge in [-0.1, -0.05) is 23.2 Å². The first-order valence-corrected chi connectivity index (χ1v) is 7.78. The molecule has 0 amide bonds. The van der Waals surface area contributed by atoms with E-state index in [1.807, 2.05) is 12.1 Å². The highest BCUT2D eigenvalue weighted by Crippen LogP contribution is 2.29. The third-order valence-electron chi connectivity index (χ3n) is 2.99. The minimum absolute atomic E-state index is 0.102. The van der Waals surface area contributed by atoms with Crippen LogP contribution in [0.3, 0.4) is 0 Å². The number of halogens is 3. The molecule has 0 aliphatic carbocycles. The lowest BCUT2D eigenvalue weighted by Gasteiger charge is -2.19. The summed E-state index contributed by atoms with van der Waals surface area (Å²) in [5.41, 5.74) is 3.34. The third kappa shape index (κ3) is 3.77. The largest absolute Gasteiger partial charge is 0.378 e. The molecular weight excluding hydrogens is 392 g/mol. The zero-order valence-electron chi connectivity index (χ0n) is 10.7. The lowest BCUT2D eigenvalue weighted by molar-refractivity contribution is 0.883. The second-order valence-corrected chi connectivity index (χ2v) is 6.58. The SMILES string of the molecule is Cc1cc(I)ccc1NC(C)c1cc(Cl)ccc1Cl. The summed E-state index contributed by atoms with van der Waals surface area (Å²) in [4.78, 5) is 0. The van der Waals surface area contributed by atoms with Crippen molar-refractivity contribution in [2.45, 2.75) is 19.9 Å². The number of anilines is 1. The zero-order valence-corrected chi connectivity index (χ0v) is 14.3. The molecule has 0 saturated heterocycles. The predicted octanol–water partition coefficient (Wildman–Crippen LogP) is 6.08. The Morgan fingerprint density at radius 1 is 1.11 bits per heavy atom. The van der Waals surface area contributed by atoms with Gasteiger partial charge in [0.05, 0.1) is 6.04 Å². The molecule has 1 nitrogen and oxygen atoms in total. The molecule has 1 unspecified atom stereocenters. The molecule has 0 radical (unpaired) electrons. The number of benzene rings is 2. The Morgan fingerprint density at radius 3 is 2.53 bits per heavy atom. The first-order chi connectivity index (χ1) is 8.97. The Hall–Kier alpha value is -0.450. The summed E-state index contributed by atoms with van der Waals surface area (Å²) in [6, 6.07) is 12.0. The zero-order chi connectivity index (χ0) is 14.0. The maximum absolute atomic E-state index is 6.22. The van der Waals surface area contributed by atoms with Gasteiger partial charge in [-0.05, 0) is 84.0 Å². The van der Waals surface area contributed by atoms with Gasteiger partial charge in [-0.15, -0.1) is 0 Å². The van der Waals surface area contributed by atoms with Crippen LogP contribution in [0.1, 0.15) is 24.1 Å². The molecule has 4 heteroatoms. The molecule has 100 valence electrons. The number of hydrogen-bond acceptors (Lipinski definition) is 1. The summed E-state index contributed by atoms with van der Waals surface area (Å²) in [5, 5.41) is 4.91. The fourth-order valence-corrected chi connectivity index (χ4v) is 3.06. The standard InChI is InChI=1S/C15H14Cl2IN/c1-9-7-12(18)4-6-15(9)19-10(2)13-8-11(16)3-5-14(13)17/h3-8,10,19H,1-2H3. The normalized spacial score (nSPS) is 12.3. The highest BCUT2D eigenvalue weighted by Gasteiger charge is 2.11. The molecule has 2 rings (SSSR count). The van der Waals surface area contributed by atoms with E-state index in [2.05, 4.69) is 60.0 Å². The smallest absolute Gasteiger partial charge is 0.0501 e. The molecule has 0 saturated carbocycles. The Bertz CT molecular complexity index is 599. The minimum atomic E-state index is 0.102. The van der Waals surface area contributed by atoms with Crippen LogP contribution in [-0.2, 0) is 0 Å². The third-order valence-corrected chi connectivity index (χ3v) is 4.24. The van der Waals surface area contributed by atoms with Crippen molar-refractivity contribution < 1.29 is 0 Å². The van der Waals surface area contributed by atoms with Gasteiger partial charge in [-0.2, -0.15) is 0 Å². The highest BCUT2D eigenvalue weighted by molar-refractivity contribution is 14.1. The molecule has 0 heterocycles. The van der Waals surface area contributed by atoms with E-state index in [1.54, 1.807) is 6.07 Å². The first kappa shape index (κ1) is 14.9. The van der Waals surface area contributed by atoms with E-state index in [4.69, 9.17) is 23.2 Å². The van der Waals surface area contributed by atoms with Gasteiger partial charge in [0.25, 0.3) is 0 Å². The molecule has 0 spiro atoms. The van der Waals surface area contributed by atoms with Gasteiger partial charge < -0.3 is 5.32 Å². The van der Waals surface area contributed by atoms with E-state index < -0.39 is 0 Å². The van der Waals surface area contributed by atoms with Gasteiger partial charge in [0, 0.05) is 19.3 Å². The van der Waals surface area contributed by atoms with Crippen molar-refractivity contribution in [3.05, 3.63) is 61.1 Å². The monoisotopic (exact) mass is 405 g/mol. The van der Waals surface area contributed by atoms with E-state index in [-0.39, 0.29) is 6.04 Å². The van der Waals surface area contributed by atoms with Crippen molar-refractivity contribution in [3.8, 4) is 0 Å². The van der Waals surface area contributed by atoms with Gasteiger partial charge in [0.1, 0.15) is 0 Å². The van der Waals surface area contributed by atoms with E-state index in [0.29, 0.717) is 5.02 Å². The second-order valence-electron chi connectivity index (χ2n) is 4.49. The average Bonchev–Trinajstić information content (AvgIpc) is 2.35. The van der Waals surface area contributed by atoms with Crippen LogP contribution in [-0.4, -0.2) is 0 Å². The van der Waals surface area contributed by atoms with E-state index >= 15 is 0 Å². The summed E-state index contributed by atoms with van der Waals surface area (Å²) in [6.45, 7) is 4.17. The van der Waals surface area contributed by atoms with Gasteiger partial charge in [0.15, 0.2) is 0 Å². The van der Waals surface area contributed by atoms with Crippen molar-refractivity contribution in [2.75, 3.05) is 5.32 Å². The summed E-state index contributed by atoms with van der Waals surface area (Å²) in [6.07, 6.45) is 0. The second kappa shape index (κ2) is 6.33. The Balaban J connectivity index is 2.25. The lowest BCUT2D eigenvalue weighted by atomic mass is 10.1. The summed E-state index contributed by atoms with van der Waals surface area (Å²) < 4.78 is 1.23. The van der Waals surface area contributed by atoms with Gasteiger partial charge >= 0.3 is 0 Å². The molecule has 19 heavy (non-hydrogen) atoms. The van der Waals surface area contributed by atoms with Crippen LogP contribution in [0.2, 0.25) is 10.0 Å². The maximum Gasteiger partial charge on any atom is 0.0501 e. The molecule has 0 aromatic heterocycles. The van der Waals surface area contributed by atoms with Crippen molar-refractivity contribution in [1.29, 1.82) is 0 Å². The summed E-state index contributed by atoms with van der Waals surface area (Å²) >= 11 is 14.6. The fraction of sp³-hybridized carbons (Fsp3) is 0.200. The van der Waals surface area contributed by atoms with E-state index in [1.165, 1.54) is 9.13 Å². The van der Waals surface area contributed by atoms with Crippen LogP contribution >= 0.6 is 45.8 Å². The minimum Gasteiger partial charge on any atom is -0.378 e. The molecule has 1 atom stereocenters. The molecule has 0 fully saturated rings. The van der Waals surface area contributed by atoms with Crippen LogP contribution in [0.15, 0.2) is 36.4 Å². The van der Waals surface area contributed by atoms with Crippen LogP contribution < -0.4 is 5.32 Å². The number of nitrogens with one attached hydrogen (secondary N) is 1. The number of aryl methyl sites for hydroxylation is 1. The Morgan fingerprint density at radius 2 is 1.84 bits per heavy atom. The Kier molecular flexibility index (Phi) is 4.98. The molecule has 0 aliphatic heterocycles. The van der Waals surface area contributed by atoms with Crippen LogP contribution in [0.4, 0.5) is 5.69 Å². The van der Waals surface area contributed by atoms with Gasteiger partial charge in [-0.3, -0.25) is 0 Å². The van der Waals surface area contributed by atoms with Gasteiger partial charge in [0.2, 0.25) is 0 Å². The summed E-state index contributed by atoms with van der Waals surface area (Å²) in [5.74, 6) is 0. The van der Waals surface area contributed by atoms with Crippen molar-refractivity contribution in [1.82, 2.24) is 0 Å². The number of rotatable bonds is 3. The van der Waals surface area contributed by atoms with E-state index in [9.17, 15) is 0 Å². The topological polar surface area (TPSA) is 12.0 Å². The molecule has 2 aromatic rings. The highest BCUT2D eigenvalue weighted by atomic mass is 127. The quantitative estimate of drug-likeness (QED) is 0.610. The average molecular weight is 406 g/mol. The van der Waals surface area contributed by atoms with Gasteiger partial charge in [-0.25, -0.2) is 0 Å². The molecular formula is C15H14Cl2IN. The molecule has 2 aromatic carbocycles. The maximum atomic E-state index is 6.22. The Labute approximate surface area is 137 Å². The molecule has 1 N–H and O–H groups in total. The van der Waals surface area contributed by atoms with Crippen molar-refractivity contribution >= 4 is 51.5 Å². The fourth-order valence-electron chi connectivity index (χ4n) is 1.95. The summed E-state index contributed by atoms with van der Waals surface area (Å²) in [7, 11) is 0. The van der Waals surface area contributed by atoms with Crippen LogP contribution in [0, 0.1) is 10.5 Å². The lowest BCUT2D eigenvalue weighted by Crippen LogP contribution is -2.08. The van der Waals surface area contributed by atoms with Crippen molar-refractivity contribution in [3.63, 3.8) is 0 Å². The predicted molar refractivity (Wildman–Crippen MR) is 92.4 cm³/mol. The first-order valence-electron chi connectivity index (χ1n) is 5.95. The molecule has 0 aliphatic rings.